The van der Waals surface area contributed by atoms with Crippen LogP contribution in [0.2, 0.25) is 0 Å². The van der Waals surface area contributed by atoms with Gasteiger partial charge in [-0.2, -0.15) is 0 Å². The highest BCUT2D eigenvalue weighted by atomic mass is 19.1. The van der Waals surface area contributed by atoms with Crippen LogP contribution in [0.5, 0.6) is 5.75 Å². The molecule has 0 fully saturated rings. The zero-order valence-corrected chi connectivity index (χ0v) is 12.4. The summed E-state index contributed by atoms with van der Waals surface area (Å²) in [5.74, 6) is 0.784. The van der Waals surface area contributed by atoms with Gasteiger partial charge in [-0.05, 0) is 46.5 Å². The molecule has 2 nitrogen and oxygen atoms in total. The molecule has 21 heavy (non-hydrogen) atoms. The first-order chi connectivity index (χ1) is 10.1. The van der Waals surface area contributed by atoms with Crippen LogP contribution in [-0.2, 0) is 13.0 Å². The summed E-state index contributed by atoms with van der Waals surface area (Å²) >= 11 is 0. The highest BCUT2D eigenvalue weighted by Gasteiger charge is 2.14. The van der Waals surface area contributed by atoms with E-state index in [1.165, 1.54) is 11.6 Å². The summed E-state index contributed by atoms with van der Waals surface area (Å²) in [6.45, 7) is 5.60. The molecule has 0 aromatic heterocycles. The van der Waals surface area contributed by atoms with Gasteiger partial charge >= 0.3 is 0 Å². The Hall–Kier alpha value is -1.87. The molecule has 110 valence electrons. The summed E-state index contributed by atoms with van der Waals surface area (Å²) in [5.41, 5.74) is 4.43. The van der Waals surface area contributed by atoms with Crippen LogP contribution < -0.4 is 10.1 Å². The van der Waals surface area contributed by atoms with Crippen molar-refractivity contribution in [2.24, 2.45) is 0 Å². The molecule has 2 aromatic rings. The van der Waals surface area contributed by atoms with Gasteiger partial charge in [0, 0.05) is 19.0 Å². The van der Waals surface area contributed by atoms with E-state index in [0.29, 0.717) is 12.6 Å². The highest BCUT2D eigenvalue weighted by molar-refractivity contribution is 5.69. The Balaban J connectivity index is 1.97. The minimum Gasteiger partial charge on any atom is -0.493 e. The van der Waals surface area contributed by atoms with Gasteiger partial charge in [-0.25, -0.2) is 4.39 Å². The minimum atomic E-state index is -0.191. The normalized spacial score (nSPS) is 13.3. The molecule has 0 amide bonds. The van der Waals surface area contributed by atoms with E-state index in [0.717, 1.165) is 35.5 Å². The van der Waals surface area contributed by atoms with Crippen LogP contribution in [0.15, 0.2) is 36.4 Å². The van der Waals surface area contributed by atoms with Crippen molar-refractivity contribution in [2.75, 3.05) is 6.61 Å². The van der Waals surface area contributed by atoms with Crippen LogP contribution in [0.4, 0.5) is 4.39 Å². The van der Waals surface area contributed by atoms with Crippen molar-refractivity contribution in [3.8, 4) is 16.9 Å². The molecule has 0 radical (unpaired) electrons. The van der Waals surface area contributed by atoms with Gasteiger partial charge in [0.1, 0.15) is 11.6 Å². The maximum atomic E-state index is 13.6. The Morgan fingerprint density at radius 2 is 2.05 bits per heavy atom. The number of hydrogen-bond donors (Lipinski definition) is 1. The first-order valence-corrected chi connectivity index (χ1v) is 7.41. The van der Waals surface area contributed by atoms with Crippen molar-refractivity contribution in [2.45, 2.75) is 32.9 Å². The van der Waals surface area contributed by atoms with Gasteiger partial charge in [0.2, 0.25) is 0 Å². The van der Waals surface area contributed by atoms with Crippen LogP contribution in [0.3, 0.4) is 0 Å². The fourth-order valence-corrected chi connectivity index (χ4v) is 2.66. The number of nitrogens with one attached hydrogen (secondary N) is 1. The number of halogens is 1. The van der Waals surface area contributed by atoms with E-state index >= 15 is 0 Å². The summed E-state index contributed by atoms with van der Waals surface area (Å²) < 4.78 is 19.1. The van der Waals surface area contributed by atoms with Crippen LogP contribution in [0.1, 0.15) is 25.0 Å². The van der Waals surface area contributed by atoms with Crippen LogP contribution >= 0.6 is 0 Å². The zero-order chi connectivity index (χ0) is 14.8. The summed E-state index contributed by atoms with van der Waals surface area (Å²) in [6, 6.07) is 11.6. The van der Waals surface area contributed by atoms with Crippen molar-refractivity contribution in [1.29, 1.82) is 0 Å². The molecule has 1 N–H and O–H groups in total. The summed E-state index contributed by atoms with van der Waals surface area (Å²) in [5, 5.41) is 3.36. The summed E-state index contributed by atoms with van der Waals surface area (Å²) in [4.78, 5) is 0. The lowest BCUT2D eigenvalue weighted by Gasteiger charge is -2.14. The fourth-order valence-electron chi connectivity index (χ4n) is 2.66. The van der Waals surface area contributed by atoms with Crippen molar-refractivity contribution in [3.05, 3.63) is 53.3 Å². The second-order valence-electron chi connectivity index (χ2n) is 5.76. The third-order valence-corrected chi connectivity index (χ3v) is 3.77. The summed E-state index contributed by atoms with van der Waals surface area (Å²) in [7, 11) is 0. The van der Waals surface area contributed by atoms with Crippen LogP contribution in [0.25, 0.3) is 11.1 Å². The van der Waals surface area contributed by atoms with Crippen molar-refractivity contribution < 1.29 is 9.13 Å². The van der Waals surface area contributed by atoms with E-state index < -0.39 is 0 Å². The third kappa shape index (κ3) is 3.08. The average Bonchev–Trinajstić information content (AvgIpc) is 2.92. The van der Waals surface area contributed by atoms with Gasteiger partial charge in [0.05, 0.1) is 6.61 Å². The molecule has 3 heteroatoms. The van der Waals surface area contributed by atoms with E-state index in [9.17, 15) is 4.39 Å². The van der Waals surface area contributed by atoms with E-state index in [4.69, 9.17) is 4.74 Å². The van der Waals surface area contributed by atoms with Gasteiger partial charge in [0.15, 0.2) is 0 Å². The van der Waals surface area contributed by atoms with Crippen LogP contribution in [0, 0.1) is 5.82 Å². The predicted molar refractivity (Wildman–Crippen MR) is 83.0 cm³/mol. The molecule has 1 aliphatic rings. The Kier molecular flexibility index (Phi) is 3.93. The Labute approximate surface area is 125 Å². The highest BCUT2D eigenvalue weighted by Crippen LogP contribution is 2.32. The predicted octanol–water partition coefficient (Wildman–Crippen LogP) is 3.93. The number of rotatable bonds is 4. The zero-order valence-electron chi connectivity index (χ0n) is 12.4. The van der Waals surface area contributed by atoms with E-state index in [1.54, 1.807) is 6.07 Å². The molecule has 0 aliphatic carbocycles. The largest absolute Gasteiger partial charge is 0.493 e. The number of hydrogen-bond acceptors (Lipinski definition) is 2. The lowest BCUT2D eigenvalue weighted by atomic mass is 9.97. The van der Waals surface area contributed by atoms with Gasteiger partial charge in [-0.15, -0.1) is 0 Å². The molecule has 0 unspecified atom stereocenters. The molecule has 1 aliphatic heterocycles. The monoisotopic (exact) mass is 285 g/mol. The first kappa shape index (κ1) is 14.1. The molecular weight excluding hydrogens is 265 g/mol. The van der Waals surface area contributed by atoms with Crippen molar-refractivity contribution in [1.82, 2.24) is 5.32 Å². The molecule has 0 spiro atoms. The first-order valence-electron chi connectivity index (χ1n) is 7.41. The maximum Gasteiger partial charge on any atom is 0.123 e. The Morgan fingerprint density at radius 1 is 1.19 bits per heavy atom. The number of benzene rings is 2. The van der Waals surface area contributed by atoms with Crippen molar-refractivity contribution in [3.63, 3.8) is 0 Å². The van der Waals surface area contributed by atoms with Gasteiger partial charge < -0.3 is 10.1 Å². The Bertz CT molecular complexity index is 652. The van der Waals surface area contributed by atoms with Crippen LogP contribution in [-0.4, -0.2) is 12.6 Å². The molecule has 2 aromatic carbocycles. The number of ether oxygens (including phenoxy) is 1. The molecule has 0 bridgehead atoms. The number of fused-ring (bicyclic) bond motifs is 1. The third-order valence-electron chi connectivity index (χ3n) is 3.77. The standard InChI is InChI=1S/C18H20FNO/c1-12(2)20-11-15-10-16(19)4-5-17(15)13-3-6-18-14(9-13)7-8-21-18/h3-6,9-10,12,20H,7-8,11H2,1-2H3. The smallest absolute Gasteiger partial charge is 0.123 e. The Morgan fingerprint density at radius 3 is 2.86 bits per heavy atom. The van der Waals surface area contributed by atoms with E-state index in [2.05, 4.69) is 31.3 Å². The molecular formula is C18H20FNO. The van der Waals surface area contributed by atoms with E-state index in [-0.39, 0.29) is 5.82 Å². The second-order valence-corrected chi connectivity index (χ2v) is 5.76. The van der Waals surface area contributed by atoms with Crippen molar-refractivity contribution >= 4 is 0 Å². The lowest BCUT2D eigenvalue weighted by molar-refractivity contribution is 0.357. The maximum absolute atomic E-state index is 13.6. The van der Waals surface area contributed by atoms with Gasteiger partial charge in [-0.1, -0.05) is 26.0 Å². The SMILES string of the molecule is CC(C)NCc1cc(F)ccc1-c1ccc2c(c1)CCO2. The van der Waals surface area contributed by atoms with Gasteiger partial charge in [-0.3, -0.25) is 0 Å². The van der Waals surface area contributed by atoms with E-state index in [1.807, 2.05) is 12.1 Å². The summed E-state index contributed by atoms with van der Waals surface area (Å²) in [6.07, 6.45) is 0.948. The molecule has 0 saturated heterocycles. The van der Waals surface area contributed by atoms with Gasteiger partial charge in [0.25, 0.3) is 0 Å². The second kappa shape index (κ2) is 5.86. The topological polar surface area (TPSA) is 21.3 Å². The molecule has 0 atom stereocenters. The fraction of sp³-hybridized carbons (Fsp3) is 0.333. The minimum absolute atomic E-state index is 0.191. The quantitative estimate of drug-likeness (QED) is 0.919. The average molecular weight is 285 g/mol. The molecule has 3 rings (SSSR count). The molecule has 0 saturated carbocycles. The molecule has 1 heterocycles. The lowest BCUT2D eigenvalue weighted by Crippen LogP contribution is -2.22.